The maximum absolute atomic E-state index is 11.5. The fraction of sp³-hybridized carbons (Fsp3) is 0.556. The molecule has 0 spiro atoms. The van der Waals surface area contributed by atoms with E-state index in [1.165, 1.54) is 0 Å². The molecule has 78 valence electrons. The molecule has 1 amide bonds. The van der Waals surface area contributed by atoms with E-state index in [2.05, 4.69) is 15.7 Å². The van der Waals surface area contributed by atoms with Crippen molar-refractivity contribution in [1.29, 1.82) is 0 Å². The molecule has 1 atom stereocenters. The summed E-state index contributed by atoms with van der Waals surface area (Å²) >= 11 is 0. The number of nitrogens with one attached hydrogen (secondary N) is 2. The second-order valence-electron chi connectivity index (χ2n) is 3.29. The third-order valence-electron chi connectivity index (χ3n) is 2.08. The standard InChI is InChI=1S/C9H16N4O/c1-6-5-8(13(4)12-6)11-9(14)7(2)10-3/h5,7,10H,1-4H3,(H,11,14)/t7-/m0/s1. The predicted molar refractivity (Wildman–Crippen MR) is 55.1 cm³/mol. The van der Waals surface area contributed by atoms with Crippen LogP contribution in [0.15, 0.2) is 6.07 Å². The van der Waals surface area contributed by atoms with E-state index in [1.54, 1.807) is 25.7 Å². The average molecular weight is 196 g/mol. The maximum atomic E-state index is 11.5. The van der Waals surface area contributed by atoms with Crippen LogP contribution in [-0.2, 0) is 11.8 Å². The van der Waals surface area contributed by atoms with Gasteiger partial charge in [0.25, 0.3) is 0 Å². The van der Waals surface area contributed by atoms with Crippen molar-refractivity contribution in [1.82, 2.24) is 15.1 Å². The van der Waals surface area contributed by atoms with Crippen molar-refractivity contribution in [3.63, 3.8) is 0 Å². The van der Waals surface area contributed by atoms with Gasteiger partial charge >= 0.3 is 0 Å². The van der Waals surface area contributed by atoms with Crippen LogP contribution in [0.5, 0.6) is 0 Å². The van der Waals surface area contributed by atoms with Crippen molar-refractivity contribution in [2.45, 2.75) is 19.9 Å². The van der Waals surface area contributed by atoms with Crippen LogP contribution >= 0.6 is 0 Å². The van der Waals surface area contributed by atoms with Gasteiger partial charge in [0.2, 0.25) is 5.91 Å². The van der Waals surface area contributed by atoms with E-state index in [0.717, 1.165) is 11.5 Å². The van der Waals surface area contributed by atoms with Gasteiger partial charge in [-0.05, 0) is 20.9 Å². The SMILES string of the molecule is CN[C@@H](C)C(=O)Nc1cc(C)nn1C. The lowest BCUT2D eigenvalue weighted by Gasteiger charge is -2.10. The molecule has 5 nitrogen and oxygen atoms in total. The Morgan fingerprint density at radius 1 is 1.64 bits per heavy atom. The van der Waals surface area contributed by atoms with E-state index >= 15 is 0 Å². The van der Waals surface area contributed by atoms with Crippen LogP contribution in [0, 0.1) is 6.92 Å². The average Bonchev–Trinajstić information content (AvgIpc) is 2.44. The zero-order chi connectivity index (χ0) is 10.7. The van der Waals surface area contributed by atoms with E-state index in [1.807, 2.05) is 13.0 Å². The third kappa shape index (κ3) is 2.32. The van der Waals surface area contributed by atoms with Crippen LogP contribution in [0.25, 0.3) is 0 Å². The highest BCUT2D eigenvalue weighted by Crippen LogP contribution is 2.07. The molecule has 1 aromatic rings. The van der Waals surface area contributed by atoms with Crippen molar-refractivity contribution < 1.29 is 4.79 Å². The van der Waals surface area contributed by atoms with E-state index in [9.17, 15) is 4.79 Å². The minimum Gasteiger partial charge on any atom is -0.310 e. The number of carbonyl (C=O) groups excluding carboxylic acids is 1. The molecule has 2 N–H and O–H groups in total. The van der Waals surface area contributed by atoms with Crippen molar-refractivity contribution in [3.8, 4) is 0 Å². The Kier molecular flexibility index (Phi) is 3.24. The van der Waals surface area contributed by atoms with Crippen LogP contribution < -0.4 is 10.6 Å². The highest BCUT2D eigenvalue weighted by molar-refractivity contribution is 5.93. The largest absolute Gasteiger partial charge is 0.310 e. The smallest absolute Gasteiger partial charge is 0.242 e. The van der Waals surface area contributed by atoms with Gasteiger partial charge in [0.1, 0.15) is 5.82 Å². The summed E-state index contributed by atoms with van der Waals surface area (Å²) in [5, 5.41) is 9.78. The minimum atomic E-state index is -0.204. The number of rotatable bonds is 3. The molecule has 1 aromatic heterocycles. The lowest BCUT2D eigenvalue weighted by molar-refractivity contribution is -0.117. The Morgan fingerprint density at radius 3 is 2.71 bits per heavy atom. The quantitative estimate of drug-likeness (QED) is 0.729. The number of carbonyl (C=O) groups is 1. The molecule has 0 unspecified atom stereocenters. The number of nitrogens with zero attached hydrogens (tertiary/aromatic N) is 2. The summed E-state index contributed by atoms with van der Waals surface area (Å²) in [7, 11) is 3.55. The van der Waals surface area contributed by atoms with Gasteiger partial charge < -0.3 is 10.6 Å². The second kappa shape index (κ2) is 4.23. The number of aryl methyl sites for hydroxylation is 2. The van der Waals surface area contributed by atoms with E-state index in [4.69, 9.17) is 0 Å². The first-order valence-electron chi connectivity index (χ1n) is 4.53. The molecule has 0 aliphatic heterocycles. The second-order valence-corrected chi connectivity index (χ2v) is 3.29. The summed E-state index contributed by atoms with van der Waals surface area (Å²) < 4.78 is 1.65. The fourth-order valence-corrected chi connectivity index (χ4v) is 1.09. The summed E-state index contributed by atoms with van der Waals surface area (Å²) in [6.07, 6.45) is 0. The molecule has 14 heavy (non-hydrogen) atoms. The Balaban J connectivity index is 2.69. The van der Waals surface area contributed by atoms with Crippen LogP contribution in [0.3, 0.4) is 0 Å². The zero-order valence-corrected chi connectivity index (χ0v) is 8.96. The molecule has 0 aliphatic rings. The summed E-state index contributed by atoms with van der Waals surface area (Å²) in [4.78, 5) is 11.5. The molecule has 0 fully saturated rings. The molecule has 0 radical (unpaired) electrons. The molecule has 5 heteroatoms. The summed E-state index contributed by atoms with van der Waals surface area (Å²) in [5.41, 5.74) is 0.889. The zero-order valence-electron chi connectivity index (χ0n) is 8.96. The van der Waals surface area contributed by atoms with Crippen LogP contribution in [0.4, 0.5) is 5.82 Å². The van der Waals surface area contributed by atoms with Crippen molar-refractivity contribution in [2.75, 3.05) is 12.4 Å². The molecule has 0 saturated carbocycles. The van der Waals surface area contributed by atoms with Crippen molar-refractivity contribution >= 4 is 11.7 Å². The van der Waals surface area contributed by atoms with Gasteiger partial charge in [0, 0.05) is 13.1 Å². The van der Waals surface area contributed by atoms with Crippen LogP contribution in [-0.4, -0.2) is 28.8 Å². The molecule has 0 aromatic carbocycles. The first-order chi connectivity index (χ1) is 6.54. The molecule has 1 rings (SSSR count). The van der Waals surface area contributed by atoms with Gasteiger partial charge in [-0.15, -0.1) is 0 Å². The molecular formula is C9H16N4O. The summed E-state index contributed by atoms with van der Waals surface area (Å²) in [5.74, 6) is 0.658. The van der Waals surface area contributed by atoms with Gasteiger partial charge in [0.15, 0.2) is 0 Å². The number of amides is 1. The number of hydrogen-bond donors (Lipinski definition) is 2. The van der Waals surface area contributed by atoms with E-state index in [0.29, 0.717) is 0 Å². The molecular weight excluding hydrogens is 180 g/mol. The first-order valence-corrected chi connectivity index (χ1v) is 4.53. The lowest BCUT2D eigenvalue weighted by Crippen LogP contribution is -2.35. The van der Waals surface area contributed by atoms with Crippen LogP contribution in [0.1, 0.15) is 12.6 Å². The number of likely N-dealkylation sites (N-methyl/N-ethyl adjacent to an activating group) is 1. The van der Waals surface area contributed by atoms with Crippen molar-refractivity contribution in [2.24, 2.45) is 7.05 Å². The molecule has 0 bridgehead atoms. The van der Waals surface area contributed by atoms with Crippen molar-refractivity contribution in [3.05, 3.63) is 11.8 Å². The molecule has 1 heterocycles. The van der Waals surface area contributed by atoms with E-state index in [-0.39, 0.29) is 11.9 Å². The number of anilines is 1. The molecule has 0 saturated heterocycles. The Labute approximate surface area is 83.5 Å². The summed E-state index contributed by atoms with van der Waals surface area (Å²) in [6.45, 7) is 3.69. The van der Waals surface area contributed by atoms with Crippen LogP contribution in [0.2, 0.25) is 0 Å². The highest BCUT2D eigenvalue weighted by Gasteiger charge is 2.12. The molecule has 0 aliphatic carbocycles. The lowest BCUT2D eigenvalue weighted by atomic mass is 10.3. The topological polar surface area (TPSA) is 59.0 Å². The van der Waals surface area contributed by atoms with Gasteiger partial charge in [0.05, 0.1) is 11.7 Å². The number of aromatic nitrogens is 2. The summed E-state index contributed by atoms with van der Waals surface area (Å²) in [6, 6.07) is 1.63. The van der Waals surface area contributed by atoms with Gasteiger partial charge in [-0.2, -0.15) is 5.10 Å². The monoisotopic (exact) mass is 196 g/mol. The third-order valence-corrected chi connectivity index (χ3v) is 2.08. The van der Waals surface area contributed by atoms with Gasteiger partial charge in [-0.3, -0.25) is 9.48 Å². The maximum Gasteiger partial charge on any atom is 0.242 e. The fourth-order valence-electron chi connectivity index (χ4n) is 1.09. The normalized spacial score (nSPS) is 12.6. The Hall–Kier alpha value is -1.36. The van der Waals surface area contributed by atoms with E-state index < -0.39 is 0 Å². The van der Waals surface area contributed by atoms with Gasteiger partial charge in [-0.1, -0.05) is 0 Å². The van der Waals surface area contributed by atoms with Gasteiger partial charge in [-0.25, -0.2) is 0 Å². The first kappa shape index (κ1) is 10.7. The Morgan fingerprint density at radius 2 is 2.29 bits per heavy atom. The number of hydrogen-bond acceptors (Lipinski definition) is 3. The highest BCUT2D eigenvalue weighted by atomic mass is 16.2. The predicted octanol–water partition coefficient (Wildman–Crippen LogP) is 0.275. The minimum absolute atomic E-state index is 0.0597. The Bertz CT molecular complexity index is 332.